The lowest BCUT2D eigenvalue weighted by atomic mass is 10.2. The van der Waals surface area contributed by atoms with Gasteiger partial charge in [-0.2, -0.15) is 0 Å². The highest BCUT2D eigenvalue weighted by molar-refractivity contribution is 6.08. The van der Waals surface area contributed by atoms with Gasteiger partial charge < -0.3 is 29.7 Å². The third-order valence-corrected chi connectivity index (χ3v) is 6.17. The molecule has 0 bridgehead atoms. The van der Waals surface area contributed by atoms with Crippen molar-refractivity contribution >= 4 is 40.6 Å². The van der Waals surface area contributed by atoms with Gasteiger partial charge in [0.1, 0.15) is 5.82 Å². The van der Waals surface area contributed by atoms with Gasteiger partial charge in [-0.3, -0.25) is 15.0 Å². The molecule has 15 heteroatoms. The molecule has 0 aromatic carbocycles. The van der Waals surface area contributed by atoms with Crippen molar-refractivity contribution in [3.8, 4) is 0 Å². The van der Waals surface area contributed by atoms with Crippen LogP contribution in [-0.4, -0.2) is 112 Å². The van der Waals surface area contributed by atoms with Crippen molar-refractivity contribution in [1.29, 1.82) is 0 Å². The quantitative estimate of drug-likeness (QED) is 0.174. The Bertz CT molecular complexity index is 1350. The SMILES string of the molecule is CN(C)CCN=CC(=CN)c1nc(N2CCOCC2)c2nc(CN(C)c3ncc(C(=O)NO)cn3)n(C)c2n1. The molecule has 39 heavy (non-hydrogen) atoms. The number of hydroxylamine groups is 1. The molecule has 0 spiro atoms. The number of fused-ring (bicyclic) bond motifs is 1. The maximum absolute atomic E-state index is 11.6. The van der Waals surface area contributed by atoms with Crippen LogP contribution < -0.4 is 21.0 Å². The number of ether oxygens (including phenoxy) is 1. The maximum atomic E-state index is 11.6. The number of morpholine rings is 1. The number of carbonyl (C=O) groups excluding carboxylic acids is 1. The largest absolute Gasteiger partial charge is 0.404 e. The number of hydrogen-bond donors (Lipinski definition) is 3. The summed E-state index contributed by atoms with van der Waals surface area (Å²) in [7, 11) is 7.70. The van der Waals surface area contributed by atoms with Crippen LogP contribution in [0.4, 0.5) is 11.8 Å². The van der Waals surface area contributed by atoms with E-state index in [4.69, 9.17) is 30.6 Å². The fourth-order valence-electron chi connectivity index (χ4n) is 3.94. The van der Waals surface area contributed by atoms with Crippen molar-refractivity contribution in [3.63, 3.8) is 0 Å². The second-order valence-corrected chi connectivity index (χ2v) is 9.26. The van der Waals surface area contributed by atoms with Crippen LogP contribution in [0.2, 0.25) is 0 Å². The summed E-state index contributed by atoms with van der Waals surface area (Å²) < 4.78 is 7.46. The Morgan fingerprint density at radius 1 is 1.21 bits per heavy atom. The predicted octanol–water partition coefficient (Wildman–Crippen LogP) is -0.323. The van der Waals surface area contributed by atoms with E-state index < -0.39 is 5.91 Å². The second kappa shape index (κ2) is 12.6. The summed E-state index contributed by atoms with van der Waals surface area (Å²) in [5, 5.41) is 8.80. The highest BCUT2D eigenvalue weighted by atomic mass is 16.5. The molecule has 3 aromatic heterocycles. The average Bonchev–Trinajstić information content (AvgIpc) is 3.27. The Kier molecular flexibility index (Phi) is 8.96. The summed E-state index contributed by atoms with van der Waals surface area (Å²) in [6, 6.07) is 0. The van der Waals surface area contributed by atoms with Crippen LogP contribution in [0.3, 0.4) is 0 Å². The predicted molar refractivity (Wildman–Crippen MR) is 147 cm³/mol. The molecule has 1 fully saturated rings. The molecule has 1 saturated heterocycles. The summed E-state index contributed by atoms with van der Waals surface area (Å²) in [6.45, 7) is 4.34. The molecule has 4 heterocycles. The number of nitrogens with zero attached hydrogens (tertiary/aromatic N) is 10. The smallest absolute Gasteiger partial charge is 0.277 e. The van der Waals surface area contributed by atoms with E-state index in [1.54, 1.807) is 16.6 Å². The molecule has 0 unspecified atom stereocenters. The van der Waals surface area contributed by atoms with Gasteiger partial charge in [-0.25, -0.2) is 30.4 Å². The molecule has 0 saturated carbocycles. The molecule has 1 amide bonds. The number of nitrogens with one attached hydrogen (secondary N) is 1. The highest BCUT2D eigenvalue weighted by Gasteiger charge is 2.23. The standard InChI is InChI=1S/C24H34N12O3/c1-33(2)6-5-26-12-16(11-25)20-30-21-19(22(31-20)36-7-9-39-10-8-36)29-18(35(21)4)15-34(3)24-27-13-17(14-28-24)23(37)32-38/h11-14,38H,5-10,15,25H2,1-4H3,(H,32,37). The van der Waals surface area contributed by atoms with E-state index in [-0.39, 0.29) is 5.56 Å². The Balaban J connectivity index is 1.68. The molecule has 0 radical (unpaired) electrons. The summed E-state index contributed by atoms with van der Waals surface area (Å²) in [6.07, 6.45) is 5.85. The van der Waals surface area contributed by atoms with Crippen molar-refractivity contribution in [2.45, 2.75) is 6.54 Å². The average molecular weight is 539 g/mol. The van der Waals surface area contributed by atoms with E-state index in [9.17, 15) is 4.79 Å². The Morgan fingerprint density at radius 2 is 1.92 bits per heavy atom. The number of aromatic nitrogens is 6. The molecular formula is C24H34N12O3. The van der Waals surface area contributed by atoms with Crippen LogP contribution in [0, 0.1) is 0 Å². The summed E-state index contributed by atoms with van der Waals surface area (Å²) in [5.41, 5.74) is 9.62. The third kappa shape index (κ3) is 6.45. The zero-order chi connectivity index (χ0) is 27.9. The molecule has 3 aromatic rings. The van der Waals surface area contributed by atoms with Gasteiger partial charge in [0.25, 0.3) is 5.91 Å². The van der Waals surface area contributed by atoms with Crippen LogP contribution in [0.25, 0.3) is 16.7 Å². The first-order valence-electron chi connectivity index (χ1n) is 12.4. The number of rotatable bonds is 10. The molecule has 4 N–H and O–H groups in total. The van der Waals surface area contributed by atoms with Gasteiger partial charge in [-0.15, -0.1) is 0 Å². The van der Waals surface area contributed by atoms with E-state index in [0.717, 1.165) is 6.54 Å². The van der Waals surface area contributed by atoms with Gasteiger partial charge in [0.05, 0.1) is 37.4 Å². The number of hydrogen-bond acceptors (Lipinski definition) is 13. The van der Waals surface area contributed by atoms with E-state index in [1.807, 2.05) is 32.8 Å². The lowest BCUT2D eigenvalue weighted by molar-refractivity contribution is 0.0705. The zero-order valence-electron chi connectivity index (χ0n) is 22.6. The molecule has 4 rings (SSSR count). The van der Waals surface area contributed by atoms with Gasteiger partial charge in [-0.05, 0) is 14.1 Å². The first-order valence-corrected chi connectivity index (χ1v) is 12.4. The van der Waals surface area contributed by atoms with Crippen LogP contribution in [0.5, 0.6) is 0 Å². The normalized spacial score (nSPS) is 14.5. The number of anilines is 2. The van der Waals surface area contributed by atoms with Crippen molar-refractivity contribution in [2.75, 3.05) is 70.3 Å². The molecule has 1 aliphatic rings. The third-order valence-electron chi connectivity index (χ3n) is 6.17. The summed E-state index contributed by atoms with van der Waals surface area (Å²) >= 11 is 0. The minimum atomic E-state index is -0.682. The number of aryl methyl sites for hydroxylation is 1. The number of allylic oxidation sites excluding steroid dienone is 1. The number of nitrogens with two attached hydrogens (primary N) is 1. The van der Waals surface area contributed by atoms with E-state index in [0.29, 0.717) is 79.5 Å². The van der Waals surface area contributed by atoms with Crippen molar-refractivity contribution in [3.05, 3.63) is 35.8 Å². The van der Waals surface area contributed by atoms with Crippen LogP contribution in [0.1, 0.15) is 22.0 Å². The minimum absolute atomic E-state index is 0.143. The number of amides is 1. The highest BCUT2D eigenvalue weighted by Crippen LogP contribution is 2.27. The molecule has 208 valence electrons. The van der Waals surface area contributed by atoms with Gasteiger partial charge in [0.15, 0.2) is 22.8 Å². The van der Waals surface area contributed by atoms with Crippen molar-refractivity contribution < 1.29 is 14.7 Å². The molecule has 0 aliphatic carbocycles. The lowest BCUT2D eigenvalue weighted by Gasteiger charge is -2.28. The van der Waals surface area contributed by atoms with Crippen LogP contribution in [0.15, 0.2) is 23.6 Å². The van der Waals surface area contributed by atoms with E-state index >= 15 is 0 Å². The minimum Gasteiger partial charge on any atom is -0.404 e. The van der Waals surface area contributed by atoms with Gasteiger partial charge in [0, 0.05) is 58.5 Å². The Hall–Kier alpha value is -4.21. The van der Waals surface area contributed by atoms with Gasteiger partial charge in [0.2, 0.25) is 5.95 Å². The first kappa shape index (κ1) is 27.8. The topological polar surface area (TPSA) is 176 Å². The molecule has 15 nitrogen and oxygen atoms in total. The second-order valence-electron chi connectivity index (χ2n) is 9.26. The van der Waals surface area contributed by atoms with E-state index in [1.165, 1.54) is 18.6 Å². The fraction of sp³-hybridized carbons (Fsp3) is 0.458. The number of aliphatic imine (C=N–C) groups is 1. The fourth-order valence-corrected chi connectivity index (χ4v) is 3.94. The Labute approximate surface area is 226 Å². The maximum Gasteiger partial charge on any atom is 0.277 e. The van der Waals surface area contributed by atoms with Crippen LogP contribution in [-0.2, 0) is 18.3 Å². The number of imidazole rings is 1. The monoisotopic (exact) mass is 538 g/mol. The summed E-state index contributed by atoms with van der Waals surface area (Å²) in [5.74, 6) is 1.59. The number of carbonyl (C=O) groups is 1. The Morgan fingerprint density at radius 3 is 2.56 bits per heavy atom. The molecule has 0 atom stereocenters. The lowest BCUT2D eigenvalue weighted by Crippen LogP contribution is -2.37. The zero-order valence-corrected chi connectivity index (χ0v) is 22.6. The van der Waals surface area contributed by atoms with Crippen LogP contribution >= 0.6 is 0 Å². The van der Waals surface area contributed by atoms with Crippen molar-refractivity contribution in [2.24, 2.45) is 17.8 Å². The molecular weight excluding hydrogens is 504 g/mol. The first-order chi connectivity index (χ1) is 18.8. The van der Waals surface area contributed by atoms with Gasteiger partial charge in [-0.1, -0.05) is 0 Å². The van der Waals surface area contributed by atoms with Crippen molar-refractivity contribution in [1.82, 2.24) is 39.9 Å². The molecule has 1 aliphatic heterocycles. The number of likely N-dealkylation sites (N-methyl/N-ethyl adjacent to an activating group) is 1. The van der Waals surface area contributed by atoms with E-state index in [2.05, 4.69) is 24.8 Å². The summed E-state index contributed by atoms with van der Waals surface area (Å²) in [4.78, 5) is 45.1. The van der Waals surface area contributed by atoms with Gasteiger partial charge >= 0.3 is 0 Å².